The lowest BCUT2D eigenvalue weighted by Crippen LogP contribution is -2.45. The minimum absolute atomic E-state index is 0.738. The Labute approximate surface area is 140 Å². The second-order valence-corrected chi connectivity index (χ2v) is 6.32. The van der Waals surface area contributed by atoms with Gasteiger partial charge in [0.05, 0.1) is 11.9 Å². The van der Waals surface area contributed by atoms with E-state index in [1.807, 2.05) is 42.9 Å². The van der Waals surface area contributed by atoms with E-state index in [4.69, 9.17) is 11.6 Å². The number of likely N-dealkylation sites (N-methyl/N-ethyl adjacent to an activating group) is 1. The molecule has 3 heterocycles. The minimum atomic E-state index is 0.738. The summed E-state index contributed by atoms with van der Waals surface area (Å²) in [5.41, 5.74) is 3.05. The van der Waals surface area contributed by atoms with Gasteiger partial charge in [-0.1, -0.05) is 23.7 Å². The smallest absolute Gasteiger partial charge is 0.180 e. The number of aromatic nitrogens is 3. The molecule has 0 bridgehead atoms. The zero-order valence-electron chi connectivity index (χ0n) is 13.0. The molecule has 6 heteroatoms. The number of rotatable bonds is 2. The number of halogens is 1. The molecule has 0 spiro atoms. The summed E-state index contributed by atoms with van der Waals surface area (Å²) in [7, 11) is 2.15. The van der Waals surface area contributed by atoms with E-state index in [1.165, 1.54) is 0 Å². The van der Waals surface area contributed by atoms with Gasteiger partial charge in [-0.3, -0.25) is 4.40 Å². The average Bonchev–Trinajstić information content (AvgIpc) is 3.00. The summed E-state index contributed by atoms with van der Waals surface area (Å²) in [4.78, 5) is 13.9. The van der Waals surface area contributed by atoms with E-state index in [0.717, 1.165) is 53.9 Å². The van der Waals surface area contributed by atoms with Gasteiger partial charge in [-0.15, -0.1) is 0 Å². The van der Waals surface area contributed by atoms with Crippen LogP contribution in [-0.4, -0.2) is 52.5 Å². The molecule has 118 valence electrons. The van der Waals surface area contributed by atoms with Crippen LogP contribution < -0.4 is 4.90 Å². The van der Waals surface area contributed by atoms with Gasteiger partial charge in [-0.05, 0) is 19.2 Å². The van der Waals surface area contributed by atoms with Crippen LogP contribution in [0.2, 0.25) is 5.02 Å². The first-order valence-electron chi connectivity index (χ1n) is 7.74. The van der Waals surface area contributed by atoms with Crippen molar-refractivity contribution in [1.29, 1.82) is 0 Å². The predicted octanol–water partition coefficient (Wildman–Crippen LogP) is 2.80. The van der Waals surface area contributed by atoms with Gasteiger partial charge in [0.2, 0.25) is 0 Å². The SMILES string of the molecule is CN1CCN(c2nccn3c(-c4ccc(Cl)cc4)cnc23)CC1. The Morgan fingerprint density at radius 1 is 1.00 bits per heavy atom. The molecule has 23 heavy (non-hydrogen) atoms. The summed E-state index contributed by atoms with van der Waals surface area (Å²) in [5.74, 6) is 0.959. The lowest BCUT2D eigenvalue weighted by molar-refractivity contribution is 0.312. The van der Waals surface area contributed by atoms with Crippen LogP contribution in [0.5, 0.6) is 0 Å². The normalized spacial score (nSPS) is 16.2. The van der Waals surface area contributed by atoms with Gasteiger partial charge in [-0.2, -0.15) is 0 Å². The number of hydrogen-bond acceptors (Lipinski definition) is 4. The Morgan fingerprint density at radius 2 is 1.74 bits per heavy atom. The van der Waals surface area contributed by atoms with Gasteiger partial charge in [-0.25, -0.2) is 9.97 Å². The lowest BCUT2D eigenvalue weighted by atomic mass is 10.2. The maximum absolute atomic E-state index is 5.99. The van der Waals surface area contributed by atoms with Crippen molar-refractivity contribution in [1.82, 2.24) is 19.3 Å². The third kappa shape index (κ3) is 2.66. The lowest BCUT2D eigenvalue weighted by Gasteiger charge is -2.33. The fourth-order valence-corrected chi connectivity index (χ4v) is 3.11. The highest BCUT2D eigenvalue weighted by atomic mass is 35.5. The van der Waals surface area contributed by atoms with Crippen LogP contribution in [0.4, 0.5) is 5.82 Å². The second kappa shape index (κ2) is 5.83. The van der Waals surface area contributed by atoms with Crippen molar-refractivity contribution in [3.8, 4) is 11.3 Å². The molecule has 0 unspecified atom stereocenters. The second-order valence-electron chi connectivity index (χ2n) is 5.89. The summed E-state index contributed by atoms with van der Waals surface area (Å²) in [6, 6.07) is 7.83. The van der Waals surface area contributed by atoms with Gasteiger partial charge in [0.25, 0.3) is 0 Å². The van der Waals surface area contributed by atoms with Crippen LogP contribution in [0.15, 0.2) is 42.9 Å². The predicted molar refractivity (Wildman–Crippen MR) is 93.1 cm³/mol. The van der Waals surface area contributed by atoms with Gasteiger partial charge >= 0.3 is 0 Å². The van der Waals surface area contributed by atoms with E-state index in [0.29, 0.717) is 0 Å². The molecule has 2 aromatic heterocycles. The number of benzene rings is 1. The first-order chi connectivity index (χ1) is 11.2. The zero-order valence-corrected chi connectivity index (χ0v) is 13.7. The largest absolute Gasteiger partial charge is 0.351 e. The van der Waals surface area contributed by atoms with E-state index in [-0.39, 0.29) is 0 Å². The molecule has 5 nitrogen and oxygen atoms in total. The van der Waals surface area contributed by atoms with Gasteiger partial charge < -0.3 is 9.80 Å². The van der Waals surface area contributed by atoms with Crippen molar-refractivity contribution in [2.45, 2.75) is 0 Å². The molecule has 1 aliphatic heterocycles. The van der Waals surface area contributed by atoms with Crippen molar-refractivity contribution in [2.75, 3.05) is 38.1 Å². The highest BCUT2D eigenvalue weighted by Gasteiger charge is 2.19. The van der Waals surface area contributed by atoms with Crippen LogP contribution in [0.1, 0.15) is 0 Å². The van der Waals surface area contributed by atoms with Crippen LogP contribution >= 0.6 is 11.6 Å². The number of imidazole rings is 1. The number of anilines is 1. The van der Waals surface area contributed by atoms with Crippen LogP contribution in [-0.2, 0) is 0 Å². The summed E-state index contributed by atoms with van der Waals surface area (Å²) in [6.45, 7) is 4.06. The van der Waals surface area contributed by atoms with Crippen LogP contribution in [0.25, 0.3) is 16.9 Å². The molecule has 0 saturated carbocycles. The van der Waals surface area contributed by atoms with Crippen molar-refractivity contribution >= 4 is 23.1 Å². The summed E-state index contributed by atoms with van der Waals surface area (Å²) >= 11 is 5.99. The number of piperazine rings is 1. The van der Waals surface area contributed by atoms with E-state index < -0.39 is 0 Å². The summed E-state index contributed by atoms with van der Waals surface area (Å²) in [5, 5.41) is 0.738. The third-order valence-corrected chi connectivity index (χ3v) is 4.60. The molecule has 0 aliphatic carbocycles. The summed E-state index contributed by atoms with van der Waals surface area (Å²) in [6.07, 6.45) is 5.72. The Hall–Kier alpha value is -2.11. The molecule has 0 atom stereocenters. The quantitative estimate of drug-likeness (QED) is 0.725. The van der Waals surface area contributed by atoms with E-state index >= 15 is 0 Å². The fourth-order valence-electron chi connectivity index (χ4n) is 2.98. The minimum Gasteiger partial charge on any atom is -0.351 e. The molecule has 1 fully saturated rings. The maximum atomic E-state index is 5.99. The Morgan fingerprint density at radius 3 is 2.48 bits per heavy atom. The molecule has 1 aliphatic rings. The Bertz CT molecular complexity index is 819. The summed E-state index contributed by atoms with van der Waals surface area (Å²) < 4.78 is 2.10. The Kier molecular flexibility index (Phi) is 3.67. The topological polar surface area (TPSA) is 36.7 Å². The molecular formula is C17H18ClN5. The molecular weight excluding hydrogens is 310 g/mol. The highest BCUT2D eigenvalue weighted by Crippen LogP contribution is 2.26. The van der Waals surface area contributed by atoms with Crippen LogP contribution in [0.3, 0.4) is 0 Å². The van der Waals surface area contributed by atoms with Gasteiger partial charge in [0, 0.05) is 49.2 Å². The van der Waals surface area contributed by atoms with Crippen molar-refractivity contribution in [3.63, 3.8) is 0 Å². The fraction of sp³-hybridized carbons (Fsp3) is 0.294. The molecule has 3 aromatic rings. The highest BCUT2D eigenvalue weighted by molar-refractivity contribution is 6.30. The first kappa shape index (κ1) is 14.5. The zero-order chi connectivity index (χ0) is 15.8. The number of fused-ring (bicyclic) bond motifs is 1. The van der Waals surface area contributed by atoms with Crippen LogP contribution in [0, 0.1) is 0 Å². The number of nitrogens with zero attached hydrogens (tertiary/aromatic N) is 5. The maximum Gasteiger partial charge on any atom is 0.180 e. The molecule has 4 rings (SSSR count). The molecule has 0 radical (unpaired) electrons. The van der Waals surface area contributed by atoms with Gasteiger partial charge in [0.15, 0.2) is 11.5 Å². The molecule has 0 amide bonds. The van der Waals surface area contributed by atoms with E-state index in [2.05, 4.69) is 31.2 Å². The van der Waals surface area contributed by atoms with Crippen molar-refractivity contribution in [3.05, 3.63) is 47.9 Å². The van der Waals surface area contributed by atoms with Gasteiger partial charge in [0.1, 0.15) is 0 Å². The van der Waals surface area contributed by atoms with Crippen molar-refractivity contribution in [2.24, 2.45) is 0 Å². The van der Waals surface area contributed by atoms with E-state index in [9.17, 15) is 0 Å². The Balaban J connectivity index is 1.76. The molecule has 0 N–H and O–H groups in total. The standard InChI is InChI=1S/C17H18ClN5/c1-21-8-10-22(11-9-21)16-17-20-12-15(23(17)7-6-19-16)13-2-4-14(18)5-3-13/h2-7,12H,8-11H2,1H3. The molecule has 1 aromatic carbocycles. The number of hydrogen-bond donors (Lipinski definition) is 0. The van der Waals surface area contributed by atoms with Crippen molar-refractivity contribution < 1.29 is 0 Å². The average molecular weight is 328 g/mol. The third-order valence-electron chi connectivity index (χ3n) is 4.35. The first-order valence-corrected chi connectivity index (χ1v) is 8.12. The monoisotopic (exact) mass is 327 g/mol. The molecule has 1 saturated heterocycles. The van der Waals surface area contributed by atoms with E-state index in [1.54, 1.807) is 0 Å².